The van der Waals surface area contributed by atoms with Crippen LogP contribution in [0.1, 0.15) is 24.2 Å². The van der Waals surface area contributed by atoms with Crippen LogP contribution in [0.15, 0.2) is 18.2 Å². The fraction of sp³-hybridized carbons (Fsp3) is 0.364. The van der Waals surface area contributed by atoms with Crippen LogP contribution in [-0.2, 0) is 7.05 Å². The number of benzene rings is 1. The molecule has 0 saturated carbocycles. The first-order valence-electron chi connectivity index (χ1n) is 4.79. The van der Waals surface area contributed by atoms with Crippen molar-refractivity contribution in [3.63, 3.8) is 0 Å². The van der Waals surface area contributed by atoms with E-state index in [1.165, 1.54) is 16.5 Å². The smallest absolute Gasteiger partial charge is 0.0867 e. The van der Waals surface area contributed by atoms with Gasteiger partial charge in [-0.1, -0.05) is 18.2 Å². The molecular weight excluding hydrogens is 174 g/mol. The minimum atomic E-state index is -0.0134. The second kappa shape index (κ2) is 3.10. The number of aromatic nitrogens is 2. The monoisotopic (exact) mass is 189 g/mol. The van der Waals surface area contributed by atoms with Crippen molar-refractivity contribution in [1.29, 1.82) is 0 Å². The van der Waals surface area contributed by atoms with E-state index in [9.17, 15) is 0 Å². The van der Waals surface area contributed by atoms with Crippen molar-refractivity contribution in [2.24, 2.45) is 12.8 Å². The lowest BCUT2D eigenvalue weighted by atomic mass is 10.1. The molecule has 2 rings (SSSR count). The quantitative estimate of drug-likeness (QED) is 0.744. The van der Waals surface area contributed by atoms with Gasteiger partial charge in [0.2, 0.25) is 0 Å². The number of para-hydroxylation sites is 1. The fourth-order valence-corrected chi connectivity index (χ4v) is 1.90. The van der Waals surface area contributed by atoms with Gasteiger partial charge in [-0.25, -0.2) is 0 Å². The third-order valence-electron chi connectivity index (χ3n) is 2.53. The highest BCUT2D eigenvalue weighted by Crippen LogP contribution is 2.24. The Morgan fingerprint density at radius 1 is 1.43 bits per heavy atom. The summed E-state index contributed by atoms with van der Waals surface area (Å²) in [5, 5.41) is 5.61. The Bertz CT molecular complexity index is 469. The molecule has 0 fully saturated rings. The molecule has 3 nitrogen and oxygen atoms in total. The molecule has 2 N–H and O–H groups in total. The molecule has 1 aromatic carbocycles. The highest BCUT2D eigenvalue weighted by atomic mass is 15.3. The molecule has 14 heavy (non-hydrogen) atoms. The lowest BCUT2D eigenvalue weighted by molar-refractivity contribution is 0.712. The summed E-state index contributed by atoms with van der Waals surface area (Å²) in [6.45, 7) is 4.05. The van der Waals surface area contributed by atoms with Crippen LogP contribution < -0.4 is 5.73 Å². The largest absolute Gasteiger partial charge is 0.323 e. The lowest BCUT2D eigenvalue weighted by Crippen LogP contribution is -2.06. The molecule has 0 aliphatic carbocycles. The Morgan fingerprint density at radius 2 is 2.14 bits per heavy atom. The zero-order chi connectivity index (χ0) is 10.3. The normalized spacial score (nSPS) is 13.4. The SMILES string of the molecule is Cc1cccc2c([C@H](C)N)nn(C)c12. The van der Waals surface area contributed by atoms with E-state index < -0.39 is 0 Å². The zero-order valence-corrected chi connectivity index (χ0v) is 8.78. The predicted octanol–water partition coefficient (Wildman–Crippen LogP) is 1.90. The first kappa shape index (κ1) is 9.21. The molecule has 74 valence electrons. The van der Waals surface area contributed by atoms with Crippen LogP contribution >= 0.6 is 0 Å². The van der Waals surface area contributed by atoms with Crippen molar-refractivity contribution in [3.05, 3.63) is 29.5 Å². The maximum atomic E-state index is 5.87. The van der Waals surface area contributed by atoms with Crippen molar-refractivity contribution in [2.75, 3.05) is 0 Å². The molecule has 1 atom stereocenters. The van der Waals surface area contributed by atoms with Crippen LogP contribution in [0.5, 0.6) is 0 Å². The standard InChI is InChI=1S/C11H15N3/c1-7-5-4-6-9-10(8(2)12)13-14(3)11(7)9/h4-6,8H,12H2,1-3H3/t8-/m0/s1. The van der Waals surface area contributed by atoms with E-state index in [0.29, 0.717) is 0 Å². The topological polar surface area (TPSA) is 43.8 Å². The molecule has 0 aliphatic heterocycles. The van der Waals surface area contributed by atoms with Gasteiger partial charge in [-0.2, -0.15) is 5.10 Å². The molecule has 0 amide bonds. The van der Waals surface area contributed by atoms with E-state index >= 15 is 0 Å². The number of hydrogen-bond donors (Lipinski definition) is 1. The number of nitrogens with zero attached hydrogens (tertiary/aromatic N) is 2. The van der Waals surface area contributed by atoms with Gasteiger partial charge in [0.15, 0.2) is 0 Å². The molecule has 0 radical (unpaired) electrons. The molecule has 3 heteroatoms. The highest BCUT2D eigenvalue weighted by Gasteiger charge is 2.12. The minimum Gasteiger partial charge on any atom is -0.323 e. The van der Waals surface area contributed by atoms with Gasteiger partial charge in [0.1, 0.15) is 0 Å². The van der Waals surface area contributed by atoms with Gasteiger partial charge in [0, 0.05) is 18.5 Å². The Kier molecular flexibility index (Phi) is 2.04. The summed E-state index contributed by atoms with van der Waals surface area (Å²) in [4.78, 5) is 0. The molecule has 1 heterocycles. The second-order valence-corrected chi connectivity index (χ2v) is 3.77. The van der Waals surface area contributed by atoms with E-state index in [-0.39, 0.29) is 6.04 Å². The van der Waals surface area contributed by atoms with Gasteiger partial charge in [0.25, 0.3) is 0 Å². The summed E-state index contributed by atoms with van der Waals surface area (Å²) in [6, 6.07) is 6.20. The van der Waals surface area contributed by atoms with Crippen LogP contribution in [0, 0.1) is 6.92 Å². The number of hydrogen-bond acceptors (Lipinski definition) is 2. The summed E-state index contributed by atoms with van der Waals surface area (Å²) in [6.07, 6.45) is 0. The molecular formula is C11H15N3. The number of fused-ring (bicyclic) bond motifs is 1. The van der Waals surface area contributed by atoms with Gasteiger partial charge in [-0.3, -0.25) is 4.68 Å². The minimum absolute atomic E-state index is 0.0134. The van der Waals surface area contributed by atoms with Gasteiger partial charge in [0.05, 0.1) is 11.2 Å². The summed E-state index contributed by atoms with van der Waals surface area (Å²) in [5.41, 5.74) is 9.27. The van der Waals surface area contributed by atoms with E-state index in [4.69, 9.17) is 5.73 Å². The van der Waals surface area contributed by atoms with Crippen LogP contribution in [0.2, 0.25) is 0 Å². The molecule has 1 aromatic heterocycles. The average molecular weight is 189 g/mol. The summed E-state index contributed by atoms with van der Waals surface area (Å²) >= 11 is 0. The molecule has 0 unspecified atom stereocenters. The van der Waals surface area contributed by atoms with E-state index in [2.05, 4.69) is 24.2 Å². The first-order valence-corrected chi connectivity index (χ1v) is 4.79. The fourth-order valence-electron chi connectivity index (χ4n) is 1.90. The highest BCUT2D eigenvalue weighted by molar-refractivity contribution is 5.85. The van der Waals surface area contributed by atoms with Crippen LogP contribution in [-0.4, -0.2) is 9.78 Å². The van der Waals surface area contributed by atoms with Crippen LogP contribution in [0.3, 0.4) is 0 Å². The van der Waals surface area contributed by atoms with Crippen molar-refractivity contribution in [3.8, 4) is 0 Å². The van der Waals surface area contributed by atoms with Crippen molar-refractivity contribution in [2.45, 2.75) is 19.9 Å². The van der Waals surface area contributed by atoms with E-state index in [1.807, 2.05) is 24.7 Å². The molecule has 0 aliphatic rings. The molecule has 0 spiro atoms. The van der Waals surface area contributed by atoms with Gasteiger partial charge in [-0.05, 0) is 19.4 Å². The summed E-state index contributed by atoms with van der Waals surface area (Å²) < 4.78 is 1.91. The number of nitrogens with two attached hydrogens (primary N) is 1. The third-order valence-corrected chi connectivity index (χ3v) is 2.53. The lowest BCUT2D eigenvalue weighted by Gasteiger charge is -2.00. The van der Waals surface area contributed by atoms with Crippen molar-refractivity contribution >= 4 is 10.9 Å². The van der Waals surface area contributed by atoms with Crippen molar-refractivity contribution in [1.82, 2.24) is 9.78 Å². The number of aryl methyl sites for hydroxylation is 2. The maximum absolute atomic E-state index is 5.87. The Labute approximate surface area is 83.5 Å². The third kappa shape index (κ3) is 1.21. The zero-order valence-electron chi connectivity index (χ0n) is 8.78. The maximum Gasteiger partial charge on any atom is 0.0867 e. The average Bonchev–Trinajstić information content (AvgIpc) is 2.45. The van der Waals surface area contributed by atoms with Gasteiger partial charge >= 0.3 is 0 Å². The molecule has 2 aromatic rings. The van der Waals surface area contributed by atoms with Crippen molar-refractivity contribution < 1.29 is 0 Å². The predicted molar refractivity (Wildman–Crippen MR) is 58.1 cm³/mol. The van der Waals surface area contributed by atoms with Crippen LogP contribution in [0.25, 0.3) is 10.9 Å². The Hall–Kier alpha value is -1.35. The summed E-state index contributed by atoms with van der Waals surface area (Å²) in [7, 11) is 1.96. The van der Waals surface area contributed by atoms with Crippen LogP contribution in [0.4, 0.5) is 0 Å². The van der Waals surface area contributed by atoms with Gasteiger partial charge < -0.3 is 5.73 Å². The van der Waals surface area contributed by atoms with Gasteiger partial charge in [-0.15, -0.1) is 0 Å². The Morgan fingerprint density at radius 3 is 2.79 bits per heavy atom. The first-order chi connectivity index (χ1) is 6.61. The molecule has 0 saturated heterocycles. The molecule has 0 bridgehead atoms. The Balaban J connectivity index is 2.84. The number of rotatable bonds is 1. The second-order valence-electron chi connectivity index (χ2n) is 3.77. The van der Waals surface area contributed by atoms with E-state index in [0.717, 1.165) is 5.69 Å². The van der Waals surface area contributed by atoms with E-state index in [1.54, 1.807) is 0 Å². The summed E-state index contributed by atoms with van der Waals surface area (Å²) in [5.74, 6) is 0.